The normalized spacial score (nSPS) is 16.9. The number of Topliss-reactive ketones (excluding diaryl/α,β-unsaturated/α-hetero) is 1. The molecule has 0 bridgehead atoms. The van der Waals surface area contributed by atoms with Crippen LogP contribution in [0.15, 0.2) is 78.4 Å². The summed E-state index contributed by atoms with van der Waals surface area (Å²) in [7, 11) is 3.15. The molecule has 4 rings (SSSR count). The number of carbonyl (C=O) groups is 2. The minimum absolute atomic E-state index is 0.0440. The maximum atomic E-state index is 13.3. The van der Waals surface area contributed by atoms with E-state index in [1.807, 2.05) is 49.4 Å². The number of nitrogens with zero attached hydrogens (tertiary/aromatic N) is 1. The first-order chi connectivity index (χ1) is 17.4. The van der Waals surface area contributed by atoms with Crippen molar-refractivity contribution in [2.24, 2.45) is 0 Å². The zero-order valence-electron chi connectivity index (χ0n) is 20.6. The lowest BCUT2D eigenvalue weighted by Crippen LogP contribution is -2.31. The first-order valence-corrected chi connectivity index (χ1v) is 11.7. The third-order valence-corrected chi connectivity index (χ3v) is 6.13. The van der Waals surface area contributed by atoms with Gasteiger partial charge in [-0.25, -0.2) is 0 Å². The fraction of sp³-hybridized carbons (Fsp3) is 0.241. The number of ketones is 1. The van der Waals surface area contributed by atoms with E-state index in [2.05, 4.69) is 0 Å². The Morgan fingerprint density at radius 3 is 2.36 bits per heavy atom. The Hall–Kier alpha value is -4.10. The SMILES string of the molecule is COCCCN1C(=O)C(=O)C(=C(O)c2ccc(OC)cc2C)[C@@H]1c1cccc(Oc2ccccc2)c1. The molecule has 0 spiro atoms. The van der Waals surface area contributed by atoms with Crippen molar-refractivity contribution in [3.8, 4) is 17.2 Å². The van der Waals surface area contributed by atoms with Crippen molar-refractivity contribution >= 4 is 17.4 Å². The molecule has 3 aromatic carbocycles. The van der Waals surface area contributed by atoms with Crippen LogP contribution in [0, 0.1) is 6.92 Å². The van der Waals surface area contributed by atoms with E-state index >= 15 is 0 Å². The molecule has 1 saturated heterocycles. The fourth-order valence-electron chi connectivity index (χ4n) is 4.38. The summed E-state index contributed by atoms with van der Waals surface area (Å²) in [5.41, 5.74) is 1.89. The molecule has 36 heavy (non-hydrogen) atoms. The number of hydrogen-bond acceptors (Lipinski definition) is 6. The maximum Gasteiger partial charge on any atom is 0.295 e. The second kappa shape index (κ2) is 11.1. The summed E-state index contributed by atoms with van der Waals surface area (Å²) < 4.78 is 16.4. The summed E-state index contributed by atoms with van der Waals surface area (Å²) in [6.07, 6.45) is 0.543. The molecule has 0 saturated carbocycles. The molecule has 1 aliphatic heterocycles. The third-order valence-electron chi connectivity index (χ3n) is 6.13. The largest absolute Gasteiger partial charge is 0.507 e. The Labute approximate surface area is 210 Å². The number of ether oxygens (including phenoxy) is 3. The van der Waals surface area contributed by atoms with Crippen LogP contribution in [0.3, 0.4) is 0 Å². The highest BCUT2D eigenvalue weighted by atomic mass is 16.5. The maximum absolute atomic E-state index is 13.3. The molecule has 7 heteroatoms. The number of benzene rings is 3. The van der Waals surface area contributed by atoms with Gasteiger partial charge in [0.25, 0.3) is 11.7 Å². The van der Waals surface area contributed by atoms with Crippen molar-refractivity contribution in [1.82, 2.24) is 4.90 Å². The monoisotopic (exact) mass is 487 g/mol. The highest BCUT2D eigenvalue weighted by molar-refractivity contribution is 6.46. The zero-order valence-corrected chi connectivity index (χ0v) is 20.6. The van der Waals surface area contributed by atoms with Crippen LogP contribution in [-0.4, -0.2) is 49.1 Å². The van der Waals surface area contributed by atoms with E-state index < -0.39 is 17.7 Å². The van der Waals surface area contributed by atoms with Gasteiger partial charge in [-0.3, -0.25) is 9.59 Å². The molecule has 1 N–H and O–H groups in total. The Balaban J connectivity index is 1.80. The standard InChI is InChI=1S/C29H29NO6/c1-19-17-22(35-3)13-14-24(19)27(31)25-26(30(15-8-16-34-2)29(33)28(25)32)20-9-7-12-23(18-20)36-21-10-5-4-6-11-21/h4-7,9-14,17-18,26,31H,8,15-16H2,1-3H3/t26-/m0/s1. The van der Waals surface area contributed by atoms with Crippen molar-refractivity contribution < 1.29 is 28.9 Å². The molecule has 1 fully saturated rings. The Bertz CT molecular complexity index is 1280. The molecule has 1 heterocycles. The van der Waals surface area contributed by atoms with Crippen LogP contribution in [0.2, 0.25) is 0 Å². The van der Waals surface area contributed by atoms with Crippen LogP contribution in [-0.2, 0) is 14.3 Å². The molecule has 0 aliphatic carbocycles. The van der Waals surface area contributed by atoms with E-state index in [0.29, 0.717) is 47.9 Å². The van der Waals surface area contributed by atoms with Crippen molar-refractivity contribution in [2.45, 2.75) is 19.4 Å². The zero-order chi connectivity index (χ0) is 25.7. The van der Waals surface area contributed by atoms with Crippen LogP contribution in [0.4, 0.5) is 0 Å². The number of hydrogen-bond donors (Lipinski definition) is 1. The van der Waals surface area contributed by atoms with E-state index in [4.69, 9.17) is 14.2 Å². The van der Waals surface area contributed by atoms with Crippen molar-refractivity contribution in [3.63, 3.8) is 0 Å². The van der Waals surface area contributed by atoms with E-state index in [1.165, 1.54) is 4.90 Å². The average Bonchev–Trinajstić information content (AvgIpc) is 3.14. The molecule has 1 aliphatic rings. The van der Waals surface area contributed by atoms with Crippen molar-refractivity contribution in [1.29, 1.82) is 0 Å². The fourth-order valence-corrected chi connectivity index (χ4v) is 4.38. The third kappa shape index (κ3) is 5.11. The van der Waals surface area contributed by atoms with Gasteiger partial charge in [-0.15, -0.1) is 0 Å². The number of aliphatic hydroxyl groups is 1. The van der Waals surface area contributed by atoms with Crippen LogP contribution in [0.5, 0.6) is 17.2 Å². The number of aryl methyl sites for hydroxylation is 1. The molecule has 0 aromatic heterocycles. The summed E-state index contributed by atoms with van der Waals surface area (Å²) in [6.45, 7) is 2.55. The highest BCUT2D eigenvalue weighted by Crippen LogP contribution is 2.41. The number of amides is 1. The molecule has 186 valence electrons. The number of aliphatic hydroxyl groups excluding tert-OH is 1. The smallest absolute Gasteiger partial charge is 0.295 e. The highest BCUT2D eigenvalue weighted by Gasteiger charge is 2.46. The predicted octanol–water partition coefficient (Wildman–Crippen LogP) is 5.25. The first-order valence-electron chi connectivity index (χ1n) is 11.7. The van der Waals surface area contributed by atoms with Gasteiger partial charge in [-0.05, 0) is 66.9 Å². The summed E-state index contributed by atoms with van der Waals surface area (Å²) in [5.74, 6) is 0.255. The van der Waals surface area contributed by atoms with Crippen molar-refractivity contribution in [2.75, 3.05) is 27.4 Å². The van der Waals surface area contributed by atoms with E-state index in [1.54, 1.807) is 44.6 Å². The van der Waals surface area contributed by atoms with Crippen LogP contribution >= 0.6 is 0 Å². The molecule has 0 unspecified atom stereocenters. The molecule has 1 amide bonds. The molecule has 7 nitrogen and oxygen atoms in total. The number of methoxy groups -OCH3 is 2. The quantitative estimate of drug-likeness (QED) is 0.192. The van der Waals surface area contributed by atoms with Gasteiger partial charge in [-0.2, -0.15) is 0 Å². The van der Waals surface area contributed by atoms with Gasteiger partial charge < -0.3 is 24.2 Å². The molecular weight excluding hydrogens is 458 g/mol. The van der Waals surface area contributed by atoms with Gasteiger partial charge in [0.2, 0.25) is 0 Å². The summed E-state index contributed by atoms with van der Waals surface area (Å²) >= 11 is 0. The topological polar surface area (TPSA) is 85.3 Å². The second-order valence-corrected chi connectivity index (χ2v) is 8.51. The number of carbonyl (C=O) groups excluding carboxylic acids is 2. The summed E-state index contributed by atoms with van der Waals surface area (Å²) in [4.78, 5) is 27.9. The van der Waals surface area contributed by atoms with Gasteiger partial charge in [0.05, 0.1) is 18.7 Å². The second-order valence-electron chi connectivity index (χ2n) is 8.51. The summed E-state index contributed by atoms with van der Waals surface area (Å²) in [6, 6.07) is 21.0. The van der Waals surface area contributed by atoms with Gasteiger partial charge in [0.1, 0.15) is 23.0 Å². The van der Waals surface area contributed by atoms with E-state index in [9.17, 15) is 14.7 Å². The minimum Gasteiger partial charge on any atom is -0.507 e. The van der Waals surface area contributed by atoms with Crippen LogP contribution in [0.1, 0.15) is 29.2 Å². The number of rotatable bonds is 9. The van der Waals surface area contributed by atoms with Crippen LogP contribution < -0.4 is 9.47 Å². The molecule has 1 atom stereocenters. The Morgan fingerprint density at radius 2 is 1.67 bits per heavy atom. The lowest BCUT2D eigenvalue weighted by Gasteiger charge is -2.25. The molecule has 3 aromatic rings. The Kier molecular flexibility index (Phi) is 7.71. The van der Waals surface area contributed by atoms with Crippen LogP contribution in [0.25, 0.3) is 5.76 Å². The van der Waals surface area contributed by atoms with Crippen molar-refractivity contribution in [3.05, 3.63) is 95.1 Å². The molecule has 0 radical (unpaired) electrons. The van der Waals surface area contributed by atoms with Gasteiger partial charge in [0.15, 0.2) is 0 Å². The van der Waals surface area contributed by atoms with E-state index in [-0.39, 0.29) is 11.3 Å². The lowest BCUT2D eigenvalue weighted by molar-refractivity contribution is -0.140. The lowest BCUT2D eigenvalue weighted by atomic mass is 9.93. The summed E-state index contributed by atoms with van der Waals surface area (Å²) in [5, 5.41) is 11.4. The average molecular weight is 488 g/mol. The van der Waals surface area contributed by atoms with Gasteiger partial charge in [0, 0.05) is 25.8 Å². The van der Waals surface area contributed by atoms with E-state index in [0.717, 1.165) is 5.56 Å². The number of para-hydroxylation sites is 1. The minimum atomic E-state index is -0.775. The van der Waals surface area contributed by atoms with Gasteiger partial charge in [-0.1, -0.05) is 30.3 Å². The van der Waals surface area contributed by atoms with Gasteiger partial charge >= 0.3 is 0 Å². The Morgan fingerprint density at radius 1 is 0.917 bits per heavy atom. The molecular formula is C29H29NO6. The predicted molar refractivity (Wildman–Crippen MR) is 136 cm³/mol. The first kappa shape index (κ1) is 25.0. The number of likely N-dealkylation sites (tertiary alicyclic amines) is 1.